The van der Waals surface area contributed by atoms with Crippen molar-refractivity contribution >= 4 is 5.97 Å². The Hall–Kier alpha value is -0.730. The van der Waals surface area contributed by atoms with Crippen molar-refractivity contribution in [2.24, 2.45) is 0 Å². The highest BCUT2D eigenvalue weighted by Gasteiger charge is 2.55. The molecule has 1 aliphatic heterocycles. The lowest BCUT2D eigenvalue weighted by Gasteiger charge is -2.22. The summed E-state index contributed by atoms with van der Waals surface area (Å²) >= 11 is 0. The number of carboxylic acid groups (broad SMARTS) is 1. The zero-order valence-corrected chi connectivity index (χ0v) is 6.49. The molecule has 7 nitrogen and oxygen atoms in total. The SMILES string of the molecule is O=C(O)[C@H]1O[C@@](O)(CO)[C@@H](O)[C@@H]1O. The van der Waals surface area contributed by atoms with Gasteiger partial charge in [-0.15, -0.1) is 0 Å². The van der Waals surface area contributed by atoms with E-state index in [2.05, 4.69) is 4.74 Å². The van der Waals surface area contributed by atoms with E-state index in [0.29, 0.717) is 0 Å². The average molecular weight is 194 g/mol. The summed E-state index contributed by atoms with van der Waals surface area (Å²) in [5.74, 6) is -3.92. The Morgan fingerprint density at radius 3 is 2.23 bits per heavy atom. The number of aliphatic carboxylic acids is 1. The van der Waals surface area contributed by atoms with Crippen molar-refractivity contribution < 1.29 is 35.1 Å². The normalized spacial score (nSPS) is 45.1. The first-order valence-corrected chi connectivity index (χ1v) is 3.52. The van der Waals surface area contributed by atoms with Gasteiger partial charge in [-0.25, -0.2) is 4.79 Å². The third-order valence-corrected chi connectivity index (χ3v) is 1.90. The van der Waals surface area contributed by atoms with Crippen LogP contribution in [0.4, 0.5) is 0 Å². The molecule has 7 heteroatoms. The predicted octanol–water partition coefficient (Wildman–Crippen LogP) is -3.13. The number of rotatable bonds is 2. The Kier molecular flexibility index (Phi) is 2.55. The number of hydrogen-bond acceptors (Lipinski definition) is 6. The van der Waals surface area contributed by atoms with Gasteiger partial charge < -0.3 is 30.3 Å². The molecule has 0 spiro atoms. The van der Waals surface area contributed by atoms with Crippen LogP contribution in [0.1, 0.15) is 0 Å². The summed E-state index contributed by atoms with van der Waals surface area (Å²) in [6.45, 7) is -0.991. The van der Waals surface area contributed by atoms with E-state index in [1.807, 2.05) is 0 Å². The molecule has 0 radical (unpaired) electrons. The van der Waals surface area contributed by atoms with Gasteiger partial charge in [0.15, 0.2) is 6.10 Å². The van der Waals surface area contributed by atoms with Crippen LogP contribution in [-0.4, -0.2) is 62.2 Å². The molecular weight excluding hydrogens is 184 g/mol. The number of aliphatic hydroxyl groups excluding tert-OH is 3. The molecule has 1 heterocycles. The van der Waals surface area contributed by atoms with Crippen LogP contribution >= 0.6 is 0 Å². The molecular formula is C6H10O7. The van der Waals surface area contributed by atoms with Gasteiger partial charge in [0.1, 0.15) is 12.2 Å². The van der Waals surface area contributed by atoms with Gasteiger partial charge in [-0.3, -0.25) is 0 Å². The van der Waals surface area contributed by atoms with Crippen LogP contribution in [0.5, 0.6) is 0 Å². The molecule has 13 heavy (non-hydrogen) atoms. The van der Waals surface area contributed by atoms with Gasteiger partial charge in [0.25, 0.3) is 0 Å². The van der Waals surface area contributed by atoms with Crippen LogP contribution in [0.3, 0.4) is 0 Å². The molecule has 0 aliphatic carbocycles. The van der Waals surface area contributed by atoms with E-state index in [1.165, 1.54) is 0 Å². The summed E-state index contributed by atoms with van der Waals surface area (Å²) in [5.41, 5.74) is 0. The monoisotopic (exact) mass is 194 g/mol. The van der Waals surface area contributed by atoms with Crippen molar-refractivity contribution in [3.8, 4) is 0 Å². The lowest BCUT2D eigenvalue weighted by atomic mass is 10.1. The molecule has 0 aromatic rings. The topological polar surface area (TPSA) is 127 Å². The lowest BCUT2D eigenvalue weighted by molar-refractivity contribution is -0.246. The van der Waals surface area contributed by atoms with Gasteiger partial charge >= 0.3 is 5.97 Å². The van der Waals surface area contributed by atoms with Crippen molar-refractivity contribution in [1.82, 2.24) is 0 Å². The number of aliphatic hydroxyl groups is 4. The third kappa shape index (κ3) is 1.52. The second-order valence-electron chi connectivity index (χ2n) is 2.82. The number of carboxylic acids is 1. The second-order valence-corrected chi connectivity index (χ2v) is 2.82. The van der Waals surface area contributed by atoms with Crippen LogP contribution in [0.25, 0.3) is 0 Å². The maximum absolute atomic E-state index is 10.4. The summed E-state index contributed by atoms with van der Waals surface area (Å²) in [6.07, 6.45) is -5.32. The summed E-state index contributed by atoms with van der Waals surface area (Å²) < 4.78 is 4.39. The Morgan fingerprint density at radius 1 is 1.46 bits per heavy atom. The Morgan fingerprint density at radius 2 is 2.00 bits per heavy atom. The molecule has 0 unspecified atom stereocenters. The molecule has 0 aromatic heterocycles. The zero-order chi connectivity index (χ0) is 10.2. The highest BCUT2D eigenvalue weighted by molar-refractivity contribution is 5.73. The fourth-order valence-corrected chi connectivity index (χ4v) is 1.12. The molecule has 0 bridgehead atoms. The van der Waals surface area contributed by atoms with Crippen LogP contribution in [0, 0.1) is 0 Å². The molecule has 0 saturated carbocycles. The first-order chi connectivity index (χ1) is 5.92. The molecule has 76 valence electrons. The van der Waals surface area contributed by atoms with Crippen molar-refractivity contribution in [2.75, 3.05) is 6.61 Å². The lowest BCUT2D eigenvalue weighted by Crippen LogP contribution is -2.46. The van der Waals surface area contributed by atoms with Crippen molar-refractivity contribution in [3.63, 3.8) is 0 Å². The van der Waals surface area contributed by atoms with Gasteiger partial charge in [0.2, 0.25) is 5.79 Å². The van der Waals surface area contributed by atoms with Gasteiger partial charge in [-0.05, 0) is 0 Å². The fourth-order valence-electron chi connectivity index (χ4n) is 1.12. The fraction of sp³-hybridized carbons (Fsp3) is 0.833. The maximum atomic E-state index is 10.4. The van der Waals surface area contributed by atoms with Gasteiger partial charge in [-0.2, -0.15) is 0 Å². The highest BCUT2D eigenvalue weighted by Crippen LogP contribution is 2.28. The van der Waals surface area contributed by atoms with E-state index in [0.717, 1.165) is 0 Å². The van der Waals surface area contributed by atoms with Crippen molar-refractivity contribution in [1.29, 1.82) is 0 Å². The van der Waals surface area contributed by atoms with E-state index in [1.54, 1.807) is 0 Å². The molecule has 0 amide bonds. The molecule has 1 rings (SSSR count). The second kappa shape index (κ2) is 3.20. The van der Waals surface area contributed by atoms with Crippen LogP contribution in [-0.2, 0) is 9.53 Å². The van der Waals surface area contributed by atoms with Crippen LogP contribution < -0.4 is 0 Å². The largest absolute Gasteiger partial charge is 0.479 e. The summed E-state index contributed by atoms with van der Waals surface area (Å²) in [7, 11) is 0. The molecule has 1 aliphatic rings. The Labute approximate surface area is 72.8 Å². The molecule has 4 atom stereocenters. The van der Waals surface area contributed by atoms with E-state index in [-0.39, 0.29) is 0 Å². The standard InChI is InChI=1S/C6H10O7/c7-1-6(12)4(9)2(8)3(13-6)5(10)11/h2-4,7-9,12H,1H2,(H,10,11)/t2-,3+,4+,6+/m1/s1. The van der Waals surface area contributed by atoms with Crippen molar-refractivity contribution in [3.05, 3.63) is 0 Å². The Balaban J connectivity index is 2.84. The minimum Gasteiger partial charge on any atom is -0.479 e. The van der Waals surface area contributed by atoms with Gasteiger partial charge in [0.05, 0.1) is 6.61 Å². The number of hydrogen-bond donors (Lipinski definition) is 5. The minimum atomic E-state index is -2.40. The maximum Gasteiger partial charge on any atom is 0.335 e. The first kappa shape index (κ1) is 10.4. The van der Waals surface area contributed by atoms with Crippen molar-refractivity contribution in [2.45, 2.75) is 24.1 Å². The summed E-state index contributed by atoms with van der Waals surface area (Å²) in [4.78, 5) is 10.4. The predicted molar refractivity (Wildman–Crippen MR) is 36.6 cm³/mol. The summed E-state index contributed by atoms with van der Waals surface area (Å²) in [5, 5.41) is 44.4. The minimum absolute atomic E-state index is 0.991. The van der Waals surface area contributed by atoms with E-state index in [9.17, 15) is 9.90 Å². The van der Waals surface area contributed by atoms with Crippen LogP contribution in [0.2, 0.25) is 0 Å². The summed E-state index contributed by atoms with van der Waals surface area (Å²) in [6, 6.07) is 0. The van der Waals surface area contributed by atoms with Gasteiger partial charge in [0, 0.05) is 0 Å². The molecule has 1 saturated heterocycles. The van der Waals surface area contributed by atoms with E-state index >= 15 is 0 Å². The quantitative estimate of drug-likeness (QED) is 0.314. The first-order valence-electron chi connectivity index (χ1n) is 3.52. The number of carbonyl (C=O) groups is 1. The molecule has 5 N–H and O–H groups in total. The van der Waals surface area contributed by atoms with Crippen LogP contribution in [0.15, 0.2) is 0 Å². The zero-order valence-electron chi connectivity index (χ0n) is 6.49. The molecule has 1 fully saturated rings. The van der Waals surface area contributed by atoms with E-state index < -0.39 is 36.7 Å². The van der Waals surface area contributed by atoms with E-state index in [4.69, 9.17) is 20.4 Å². The number of ether oxygens (including phenoxy) is 1. The highest BCUT2D eigenvalue weighted by atomic mass is 16.7. The average Bonchev–Trinajstić information content (AvgIpc) is 2.31. The molecule has 0 aromatic carbocycles. The smallest absolute Gasteiger partial charge is 0.335 e. The third-order valence-electron chi connectivity index (χ3n) is 1.90. The Bertz CT molecular complexity index is 217. The van der Waals surface area contributed by atoms with Gasteiger partial charge in [-0.1, -0.05) is 0 Å².